The molecule has 0 atom stereocenters. The molecule has 0 aliphatic rings. The van der Waals surface area contributed by atoms with Crippen LogP contribution in [0.4, 0.5) is 5.13 Å². The van der Waals surface area contributed by atoms with Gasteiger partial charge in [0.2, 0.25) is 5.13 Å². The highest BCUT2D eigenvalue weighted by Gasteiger charge is 2.16. The fraction of sp³-hybridized carbons (Fsp3) is 0.0909. The summed E-state index contributed by atoms with van der Waals surface area (Å²) < 4.78 is 8.25. The van der Waals surface area contributed by atoms with Crippen molar-refractivity contribution in [2.24, 2.45) is 0 Å². The molecule has 6 nitrogen and oxygen atoms in total. The lowest BCUT2D eigenvalue weighted by molar-refractivity contribution is 0.0588. The van der Waals surface area contributed by atoms with Crippen LogP contribution in [0.1, 0.15) is 21.0 Å². The van der Waals surface area contributed by atoms with Gasteiger partial charge in [-0.25, -0.2) is 4.79 Å². The summed E-state index contributed by atoms with van der Waals surface area (Å²) in [6, 6.07) is 6.85. The second-order valence-corrected chi connectivity index (χ2v) is 4.62. The number of carbonyl (C=O) groups excluding carboxylic acids is 2. The van der Waals surface area contributed by atoms with E-state index in [1.54, 1.807) is 24.3 Å². The smallest absolute Gasteiger partial charge is 0.377 e. The number of ether oxygens (including phenoxy) is 1. The SMILES string of the molecule is COC(=O)c1nsc(NC(=O)c2ccccc2S)n1. The second kappa shape index (κ2) is 5.81. The van der Waals surface area contributed by atoms with Crippen molar-refractivity contribution in [3.63, 3.8) is 0 Å². The summed E-state index contributed by atoms with van der Waals surface area (Å²) in [5.41, 5.74) is 0.417. The average Bonchev–Trinajstić information content (AvgIpc) is 2.86. The van der Waals surface area contributed by atoms with Gasteiger partial charge < -0.3 is 4.74 Å². The molecule has 1 aromatic heterocycles. The third-order valence-electron chi connectivity index (χ3n) is 2.16. The largest absolute Gasteiger partial charge is 0.463 e. The standard InChI is InChI=1S/C11H9N3O3S2/c1-17-10(16)8-12-11(19-14-8)13-9(15)6-4-2-3-5-7(6)18/h2-5,18H,1H3,(H,12,13,14,15). The third-order valence-corrected chi connectivity index (χ3v) is 3.18. The third kappa shape index (κ3) is 3.09. The molecular formula is C11H9N3O3S2. The molecule has 1 heterocycles. The van der Waals surface area contributed by atoms with Crippen LogP contribution < -0.4 is 5.32 Å². The first-order valence-corrected chi connectivity index (χ1v) is 6.35. The average molecular weight is 295 g/mol. The van der Waals surface area contributed by atoms with E-state index in [1.807, 2.05) is 0 Å². The number of nitrogens with zero attached hydrogens (tertiary/aromatic N) is 2. The molecule has 1 amide bonds. The van der Waals surface area contributed by atoms with E-state index in [1.165, 1.54) is 7.11 Å². The van der Waals surface area contributed by atoms with Gasteiger partial charge in [0, 0.05) is 16.4 Å². The molecule has 0 saturated carbocycles. The fourth-order valence-corrected chi connectivity index (χ4v) is 2.09. The lowest BCUT2D eigenvalue weighted by atomic mass is 10.2. The van der Waals surface area contributed by atoms with E-state index in [9.17, 15) is 9.59 Å². The molecule has 2 aromatic rings. The highest BCUT2D eigenvalue weighted by atomic mass is 32.1. The maximum Gasteiger partial charge on any atom is 0.377 e. The van der Waals surface area contributed by atoms with E-state index in [0.717, 1.165) is 11.5 Å². The highest BCUT2D eigenvalue weighted by molar-refractivity contribution is 7.80. The molecule has 1 N–H and O–H groups in total. The van der Waals surface area contributed by atoms with Crippen molar-refractivity contribution in [2.45, 2.75) is 4.90 Å². The van der Waals surface area contributed by atoms with Gasteiger partial charge in [-0.1, -0.05) is 12.1 Å². The van der Waals surface area contributed by atoms with Crippen molar-refractivity contribution in [1.29, 1.82) is 0 Å². The van der Waals surface area contributed by atoms with E-state index in [4.69, 9.17) is 0 Å². The minimum absolute atomic E-state index is 0.0815. The van der Waals surface area contributed by atoms with E-state index < -0.39 is 5.97 Å². The van der Waals surface area contributed by atoms with Crippen LogP contribution in [-0.2, 0) is 4.74 Å². The van der Waals surface area contributed by atoms with E-state index in [-0.39, 0.29) is 16.9 Å². The Balaban J connectivity index is 2.14. The maximum atomic E-state index is 11.9. The van der Waals surface area contributed by atoms with Gasteiger partial charge in [0.15, 0.2) is 0 Å². The first-order chi connectivity index (χ1) is 9.11. The molecule has 0 fully saturated rings. The van der Waals surface area contributed by atoms with Gasteiger partial charge in [-0.15, -0.1) is 12.6 Å². The van der Waals surface area contributed by atoms with Crippen LogP contribution >= 0.6 is 24.2 Å². The van der Waals surface area contributed by atoms with Crippen LogP contribution in [0.15, 0.2) is 29.2 Å². The molecule has 0 radical (unpaired) electrons. The Hall–Kier alpha value is -1.93. The number of carbonyl (C=O) groups is 2. The molecule has 0 spiro atoms. The first kappa shape index (κ1) is 13.5. The second-order valence-electron chi connectivity index (χ2n) is 3.39. The number of thiol groups is 1. The Morgan fingerprint density at radius 1 is 1.37 bits per heavy atom. The highest BCUT2D eigenvalue weighted by Crippen LogP contribution is 2.17. The summed E-state index contributed by atoms with van der Waals surface area (Å²) in [5.74, 6) is -1.09. The normalized spacial score (nSPS) is 10.0. The van der Waals surface area contributed by atoms with Crippen LogP contribution in [0, 0.1) is 0 Å². The van der Waals surface area contributed by atoms with Crippen LogP contribution in [0.2, 0.25) is 0 Å². The Labute approximate surface area is 118 Å². The summed E-state index contributed by atoms with van der Waals surface area (Å²) in [4.78, 5) is 27.5. The topological polar surface area (TPSA) is 81.2 Å². The fourth-order valence-electron chi connectivity index (χ4n) is 1.28. The van der Waals surface area contributed by atoms with E-state index >= 15 is 0 Å². The summed E-state index contributed by atoms with van der Waals surface area (Å²) in [6.45, 7) is 0. The lowest BCUT2D eigenvalue weighted by Crippen LogP contribution is -2.12. The minimum Gasteiger partial charge on any atom is -0.463 e. The number of nitrogens with one attached hydrogen (secondary N) is 1. The molecule has 0 saturated heterocycles. The quantitative estimate of drug-likeness (QED) is 0.667. The molecule has 19 heavy (non-hydrogen) atoms. The zero-order valence-corrected chi connectivity index (χ0v) is 11.5. The van der Waals surface area contributed by atoms with Gasteiger partial charge >= 0.3 is 5.97 Å². The van der Waals surface area contributed by atoms with Gasteiger partial charge in [-0.05, 0) is 12.1 Å². The molecule has 0 unspecified atom stereocenters. The van der Waals surface area contributed by atoms with Gasteiger partial charge in [-0.3, -0.25) is 10.1 Å². The van der Waals surface area contributed by atoms with E-state index in [2.05, 4.69) is 32.0 Å². The number of hydrogen-bond donors (Lipinski definition) is 2. The van der Waals surface area contributed by atoms with Crippen LogP contribution in [0.25, 0.3) is 0 Å². The number of amides is 1. The van der Waals surface area contributed by atoms with Gasteiger partial charge in [0.05, 0.1) is 12.7 Å². The first-order valence-electron chi connectivity index (χ1n) is 5.13. The van der Waals surface area contributed by atoms with Crippen LogP contribution in [-0.4, -0.2) is 28.3 Å². The van der Waals surface area contributed by atoms with Crippen LogP contribution in [0.5, 0.6) is 0 Å². The number of esters is 1. The number of anilines is 1. The zero-order chi connectivity index (χ0) is 13.8. The molecule has 1 aromatic carbocycles. The summed E-state index contributed by atoms with van der Waals surface area (Å²) in [5, 5.41) is 2.77. The Bertz CT molecular complexity index is 627. The van der Waals surface area contributed by atoms with Crippen molar-refractivity contribution in [3.05, 3.63) is 35.7 Å². The number of hydrogen-bond acceptors (Lipinski definition) is 7. The van der Waals surface area contributed by atoms with Crippen LogP contribution in [0.3, 0.4) is 0 Å². The number of rotatable bonds is 3. The minimum atomic E-state index is -0.647. The Morgan fingerprint density at radius 2 is 2.11 bits per heavy atom. The van der Waals surface area contributed by atoms with E-state index in [0.29, 0.717) is 10.5 Å². The zero-order valence-electron chi connectivity index (χ0n) is 9.78. The Kier molecular flexibility index (Phi) is 4.13. The van der Waals surface area contributed by atoms with Gasteiger partial charge in [0.1, 0.15) is 0 Å². The summed E-state index contributed by atoms with van der Waals surface area (Å²) >= 11 is 5.09. The van der Waals surface area contributed by atoms with Crippen molar-refractivity contribution in [2.75, 3.05) is 12.4 Å². The number of benzene rings is 1. The maximum absolute atomic E-state index is 11.9. The van der Waals surface area contributed by atoms with Gasteiger partial charge in [-0.2, -0.15) is 9.36 Å². The molecule has 0 aliphatic carbocycles. The number of methoxy groups -OCH3 is 1. The Morgan fingerprint density at radius 3 is 2.79 bits per heavy atom. The molecular weight excluding hydrogens is 286 g/mol. The molecule has 2 rings (SSSR count). The molecule has 0 aliphatic heterocycles. The number of aromatic nitrogens is 2. The van der Waals surface area contributed by atoms with Crippen molar-refractivity contribution >= 4 is 41.2 Å². The summed E-state index contributed by atoms with van der Waals surface area (Å²) in [6.07, 6.45) is 0. The lowest BCUT2D eigenvalue weighted by Gasteiger charge is -2.03. The molecule has 98 valence electrons. The predicted octanol–water partition coefficient (Wildman–Crippen LogP) is 1.87. The molecule has 8 heteroatoms. The predicted molar refractivity (Wildman–Crippen MR) is 72.9 cm³/mol. The van der Waals surface area contributed by atoms with Crippen molar-refractivity contribution in [3.8, 4) is 0 Å². The van der Waals surface area contributed by atoms with Crippen molar-refractivity contribution in [1.82, 2.24) is 9.36 Å². The summed E-state index contributed by atoms with van der Waals surface area (Å²) in [7, 11) is 1.23. The monoisotopic (exact) mass is 295 g/mol. The molecule has 0 bridgehead atoms. The van der Waals surface area contributed by atoms with Crippen molar-refractivity contribution < 1.29 is 14.3 Å². The van der Waals surface area contributed by atoms with Gasteiger partial charge in [0.25, 0.3) is 11.7 Å².